The third-order valence-corrected chi connectivity index (χ3v) is 8.39. The lowest BCUT2D eigenvalue weighted by molar-refractivity contribution is 0.0923. The van der Waals surface area contributed by atoms with Crippen molar-refractivity contribution < 1.29 is 0 Å². The van der Waals surface area contributed by atoms with Crippen LogP contribution in [0, 0.1) is 5.92 Å². The van der Waals surface area contributed by atoms with Crippen LogP contribution in [0.4, 0.5) is 0 Å². The van der Waals surface area contributed by atoms with Crippen LogP contribution in [0.2, 0.25) is 0 Å². The average Bonchev–Trinajstić information content (AvgIpc) is 2.69. The van der Waals surface area contributed by atoms with Gasteiger partial charge in [0.1, 0.15) is 0 Å². The Morgan fingerprint density at radius 2 is 1.76 bits per heavy atom. The first kappa shape index (κ1) is 25.5. The monoisotopic (exact) mass is 537 g/mol. The number of hydrogen-bond donors (Lipinski definition) is 1. The molecule has 1 spiro atoms. The summed E-state index contributed by atoms with van der Waals surface area (Å²) in [5, 5.41) is 3.62. The number of halogens is 1. The van der Waals surface area contributed by atoms with Gasteiger partial charge in [-0.05, 0) is 32.7 Å². The lowest BCUT2D eigenvalue weighted by Gasteiger charge is -2.45. The number of nitrogens with zero attached hydrogens (tertiary/aromatic N) is 4. The maximum atomic E-state index is 5.20. The molecule has 2 aliphatic heterocycles. The van der Waals surface area contributed by atoms with E-state index in [-0.39, 0.29) is 24.0 Å². The summed E-state index contributed by atoms with van der Waals surface area (Å²) in [7, 11) is 2.23. The highest BCUT2D eigenvalue weighted by Gasteiger charge is 2.38. The van der Waals surface area contributed by atoms with Crippen molar-refractivity contribution in [2.45, 2.75) is 63.7 Å². The van der Waals surface area contributed by atoms with Crippen LogP contribution in [-0.2, 0) is 0 Å². The molecule has 0 aromatic rings. The minimum absolute atomic E-state index is 0. The van der Waals surface area contributed by atoms with Crippen LogP contribution >= 0.6 is 35.7 Å². The van der Waals surface area contributed by atoms with Crippen molar-refractivity contribution in [2.24, 2.45) is 10.9 Å². The maximum absolute atomic E-state index is 5.20. The smallest absolute Gasteiger partial charge is 0.194 e. The van der Waals surface area contributed by atoms with Gasteiger partial charge in [-0.3, -0.25) is 9.89 Å². The van der Waals surface area contributed by atoms with E-state index in [9.17, 15) is 0 Å². The molecule has 1 atom stereocenters. The van der Waals surface area contributed by atoms with E-state index in [2.05, 4.69) is 59.6 Å². The predicted molar refractivity (Wildman–Crippen MR) is 139 cm³/mol. The summed E-state index contributed by atoms with van der Waals surface area (Å²) in [5.41, 5.74) is 0. The molecule has 2 saturated heterocycles. The van der Waals surface area contributed by atoms with Crippen LogP contribution in [0.1, 0.15) is 52.9 Å². The predicted octanol–water partition coefficient (Wildman–Crippen LogP) is 3.59. The van der Waals surface area contributed by atoms with Crippen LogP contribution in [0.15, 0.2) is 4.99 Å². The topological polar surface area (TPSA) is 34.1 Å². The zero-order valence-corrected chi connectivity index (χ0v) is 22.3. The van der Waals surface area contributed by atoms with Gasteiger partial charge < -0.3 is 15.1 Å². The molecule has 5 nitrogen and oxygen atoms in total. The Labute approximate surface area is 200 Å². The van der Waals surface area contributed by atoms with Crippen LogP contribution in [-0.4, -0.2) is 96.6 Å². The number of nitrogens with one attached hydrogen (secondary N) is 1. The summed E-state index contributed by atoms with van der Waals surface area (Å²) in [6.45, 7) is 15.8. The van der Waals surface area contributed by atoms with Crippen LogP contribution in [0.3, 0.4) is 0 Å². The first-order valence-corrected chi connectivity index (χ1v) is 12.6. The van der Waals surface area contributed by atoms with Gasteiger partial charge in [0, 0.05) is 62.4 Å². The molecular weight excluding hydrogens is 493 g/mol. The molecule has 0 aromatic carbocycles. The first-order chi connectivity index (χ1) is 13.5. The molecule has 29 heavy (non-hydrogen) atoms. The standard InChI is InChI=1S/C22H43N5S.HI/c1-5-23-21(27-15-16-28-22(18-27)9-7-6-8-10-22)24-17-20(19(2)3)26-13-11-25(4)12-14-26;/h19-20H,5-18H2,1-4H3,(H,23,24);1H. The second-order valence-electron chi connectivity index (χ2n) is 9.36. The fraction of sp³-hybridized carbons (Fsp3) is 0.955. The first-order valence-electron chi connectivity index (χ1n) is 11.6. The Balaban J connectivity index is 0.00000300. The molecule has 1 N–H and O–H groups in total. The highest BCUT2D eigenvalue weighted by molar-refractivity contribution is 14.0. The minimum Gasteiger partial charge on any atom is -0.357 e. The summed E-state index contributed by atoms with van der Waals surface area (Å²) in [5.74, 6) is 3.04. The molecule has 3 aliphatic rings. The number of piperazine rings is 1. The fourth-order valence-electron chi connectivity index (χ4n) is 5.03. The molecule has 1 unspecified atom stereocenters. The van der Waals surface area contributed by atoms with Gasteiger partial charge in [0.05, 0.1) is 6.54 Å². The molecule has 0 amide bonds. The summed E-state index contributed by atoms with van der Waals surface area (Å²) < 4.78 is 0.488. The number of rotatable bonds is 5. The van der Waals surface area contributed by atoms with Gasteiger partial charge in [0.25, 0.3) is 0 Å². The van der Waals surface area contributed by atoms with Gasteiger partial charge >= 0.3 is 0 Å². The van der Waals surface area contributed by atoms with Gasteiger partial charge in [-0.1, -0.05) is 33.1 Å². The van der Waals surface area contributed by atoms with Gasteiger partial charge in [-0.15, -0.1) is 24.0 Å². The van der Waals surface area contributed by atoms with E-state index in [1.807, 2.05) is 0 Å². The summed E-state index contributed by atoms with van der Waals surface area (Å²) >= 11 is 2.24. The SMILES string of the molecule is CCNC(=NCC(C(C)C)N1CCN(C)CC1)N1CCSC2(CCCCC2)C1.I. The van der Waals surface area contributed by atoms with Gasteiger partial charge in [-0.2, -0.15) is 11.8 Å². The molecule has 170 valence electrons. The van der Waals surface area contributed by atoms with Crippen molar-refractivity contribution in [1.29, 1.82) is 0 Å². The number of thioether (sulfide) groups is 1. The second kappa shape index (κ2) is 12.3. The second-order valence-corrected chi connectivity index (χ2v) is 10.9. The quantitative estimate of drug-likeness (QED) is 0.330. The molecule has 1 saturated carbocycles. The van der Waals surface area contributed by atoms with Gasteiger partial charge in [-0.25, -0.2) is 0 Å². The van der Waals surface area contributed by atoms with Crippen molar-refractivity contribution in [1.82, 2.24) is 20.0 Å². The molecular formula is C22H44IN5S. The van der Waals surface area contributed by atoms with E-state index < -0.39 is 0 Å². The Bertz CT molecular complexity index is 496. The highest BCUT2D eigenvalue weighted by atomic mass is 127. The van der Waals surface area contributed by atoms with Crippen LogP contribution < -0.4 is 5.32 Å². The lowest BCUT2D eigenvalue weighted by Crippen LogP contribution is -2.54. The number of hydrogen-bond acceptors (Lipinski definition) is 4. The molecule has 2 heterocycles. The van der Waals surface area contributed by atoms with E-state index >= 15 is 0 Å². The third kappa shape index (κ3) is 7.14. The van der Waals surface area contributed by atoms with Crippen LogP contribution in [0.25, 0.3) is 0 Å². The molecule has 3 fully saturated rings. The van der Waals surface area contributed by atoms with E-state index in [1.165, 1.54) is 70.6 Å². The average molecular weight is 538 g/mol. The van der Waals surface area contributed by atoms with Crippen molar-refractivity contribution in [3.63, 3.8) is 0 Å². The lowest BCUT2D eigenvalue weighted by atomic mass is 9.87. The Morgan fingerprint density at radius 3 is 2.38 bits per heavy atom. The zero-order chi connectivity index (χ0) is 20.0. The molecule has 0 radical (unpaired) electrons. The van der Waals surface area contributed by atoms with Crippen molar-refractivity contribution in [3.8, 4) is 0 Å². The molecule has 7 heteroatoms. The van der Waals surface area contributed by atoms with Crippen molar-refractivity contribution in [3.05, 3.63) is 0 Å². The minimum atomic E-state index is 0. The highest BCUT2D eigenvalue weighted by Crippen LogP contribution is 2.42. The number of guanidine groups is 1. The summed E-state index contributed by atoms with van der Waals surface area (Å²) in [6.07, 6.45) is 7.03. The summed E-state index contributed by atoms with van der Waals surface area (Å²) in [6, 6.07) is 0.546. The Kier molecular flexibility index (Phi) is 10.9. The van der Waals surface area contributed by atoms with Crippen molar-refractivity contribution >= 4 is 41.7 Å². The Morgan fingerprint density at radius 1 is 1.07 bits per heavy atom. The fourth-order valence-corrected chi connectivity index (χ4v) is 6.60. The van der Waals surface area contributed by atoms with E-state index in [4.69, 9.17) is 4.99 Å². The summed E-state index contributed by atoms with van der Waals surface area (Å²) in [4.78, 5) is 12.9. The molecule has 1 aliphatic carbocycles. The number of aliphatic imine (C=N–C) groups is 1. The molecule has 3 rings (SSSR count). The van der Waals surface area contributed by atoms with Crippen LogP contribution in [0.5, 0.6) is 0 Å². The molecule has 0 bridgehead atoms. The number of likely N-dealkylation sites (N-methyl/N-ethyl adjacent to an activating group) is 1. The van der Waals surface area contributed by atoms with E-state index in [0.29, 0.717) is 16.7 Å². The Hall–Kier alpha value is 0.270. The third-order valence-electron chi connectivity index (χ3n) is 6.85. The van der Waals surface area contributed by atoms with Crippen molar-refractivity contribution in [2.75, 3.05) is 65.2 Å². The zero-order valence-electron chi connectivity index (χ0n) is 19.2. The van der Waals surface area contributed by atoms with E-state index in [1.54, 1.807) is 0 Å². The molecule has 0 aromatic heterocycles. The van der Waals surface area contributed by atoms with E-state index in [0.717, 1.165) is 25.6 Å². The normalized spacial score (nSPS) is 25.1. The van der Waals surface area contributed by atoms with Gasteiger partial charge in [0.2, 0.25) is 0 Å². The van der Waals surface area contributed by atoms with Gasteiger partial charge in [0.15, 0.2) is 5.96 Å². The largest absolute Gasteiger partial charge is 0.357 e. The maximum Gasteiger partial charge on any atom is 0.194 e.